The molecule has 0 unspecified atom stereocenters. The number of rotatable bonds is 4. The third-order valence-electron chi connectivity index (χ3n) is 4.73. The molecule has 2 heterocycles. The Morgan fingerprint density at radius 3 is 2.53 bits per heavy atom. The van der Waals surface area contributed by atoms with Crippen molar-refractivity contribution in [1.29, 1.82) is 0 Å². The average molecular weight is 433 g/mol. The van der Waals surface area contributed by atoms with Gasteiger partial charge in [0.15, 0.2) is 5.82 Å². The standard InChI is InChI=1S/C20H18F3N5OS/c1-2-15-25-26-19-28(15)27-16(12-8-4-3-5-9-12)17(30-19)18(29)24-14-11-7-6-10-13(14)20(21,22)23/h3-11,16-17,27H,2H2,1H3,(H,24,29)/t16-,17+/m1/s1. The highest BCUT2D eigenvalue weighted by molar-refractivity contribution is 8.00. The summed E-state index contributed by atoms with van der Waals surface area (Å²) >= 11 is 1.17. The fourth-order valence-corrected chi connectivity index (χ4v) is 4.38. The molecule has 1 amide bonds. The number of amides is 1. The number of aryl methyl sites for hydroxylation is 1. The van der Waals surface area contributed by atoms with Gasteiger partial charge in [-0.15, -0.1) is 10.2 Å². The minimum Gasteiger partial charge on any atom is -0.324 e. The first-order valence-electron chi connectivity index (χ1n) is 9.28. The normalized spacial score (nSPS) is 18.4. The van der Waals surface area contributed by atoms with Crippen LogP contribution in [-0.4, -0.2) is 26.0 Å². The lowest BCUT2D eigenvalue weighted by atomic mass is 10.0. The van der Waals surface area contributed by atoms with E-state index in [1.807, 2.05) is 37.3 Å². The molecule has 2 N–H and O–H groups in total. The number of alkyl halides is 3. The van der Waals surface area contributed by atoms with Crippen molar-refractivity contribution in [3.63, 3.8) is 0 Å². The van der Waals surface area contributed by atoms with E-state index in [0.29, 0.717) is 17.4 Å². The Labute approximate surface area is 174 Å². The minimum atomic E-state index is -4.57. The highest BCUT2D eigenvalue weighted by Crippen LogP contribution is 2.39. The highest BCUT2D eigenvalue weighted by Gasteiger charge is 2.39. The van der Waals surface area contributed by atoms with Crippen molar-refractivity contribution in [2.75, 3.05) is 10.7 Å². The van der Waals surface area contributed by atoms with Crippen LogP contribution in [0.25, 0.3) is 0 Å². The van der Waals surface area contributed by atoms with E-state index in [1.165, 1.54) is 30.0 Å². The van der Waals surface area contributed by atoms with Crippen LogP contribution in [0.4, 0.5) is 18.9 Å². The molecule has 0 saturated heterocycles. The van der Waals surface area contributed by atoms with Gasteiger partial charge in [0, 0.05) is 6.42 Å². The number of carbonyl (C=O) groups is 1. The zero-order valence-corrected chi connectivity index (χ0v) is 16.7. The van der Waals surface area contributed by atoms with Crippen molar-refractivity contribution in [2.24, 2.45) is 0 Å². The highest BCUT2D eigenvalue weighted by atomic mass is 32.2. The van der Waals surface area contributed by atoms with E-state index < -0.39 is 28.9 Å². The predicted molar refractivity (Wildman–Crippen MR) is 108 cm³/mol. The van der Waals surface area contributed by atoms with E-state index in [-0.39, 0.29) is 5.69 Å². The van der Waals surface area contributed by atoms with Gasteiger partial charge in [-0.1, -0.05) is 61.2 Å². The number of carbonyl (C=O) groups excluding carboxylic acids is 1. The Morgan fingerprint density at radius 1 is 1.13 bits per heavy atom. The van der Waals surface area contributed by atoms with Crippen LogP contribution in [-0.2, 0) is 17.4 Å². The number of nitrogens with zero attached hydrogens (tertiary/aromatic N) is 3. The summed E-state index contributed by atoms with van der Waals surface area (Å²) in [5.41, 5.74) is 2.93. The molecule has 1 aliphatic heterocycles. The van der Waals surface area contributed by atoms with Gasteiger partial charge in [0.2, 0.25) is 11.1 Å². The number of hydrogen-bond donors (Lipinski definition) is 2. The molecule has 0 bridgehead atoms. The van der Waals surface area contributed by atoms with Crippen LogP contribution in [0.15, 0.2) is 59.8 Å². The lowest BCUT2D eigenvalue weighted by Gasteiger charge is -2.33. The van der Waals surface area contributed by atoms with Crippen molar-refractivity contribution in [3.8, 4) is 0 Å². The number of thioether (sulfide) groups is 1. The molecule has 10 heteroatoms. The maximum absolute atomic E-state index is 13.3. The molecule has 0 aliphatic carbocycles. The SMILES string of the molecule is CCc1nnc2n1N[C@H](c1ccccc1)[C@@H](C(=O)Nc1ccccc1C(F)(F)F)S2. The Kier molecular flexibility index (Phi) is 5.42. The Hall–Kier alpha value is -3.01. The Balaban J connectivity index is 1.68. The number of nitrogens with one attached hydrogen (secondary N) is 2. The summed E-state index contributed by atoms with van der Waals surface area (Å²) < 4.78 is 41.7. The summed E-state index contributed by atoms with van der Waals surface area (Å²) in [5, 5.41) is 10.4. The van der Waals surface area contributed by atoms with E-state index in [1.54, 1.807) is 4.68 Å². The van der Waals surface area contributed by atoms with Gasteiger partial charge in [-0.3, -0.25) is 4.79 Å². The van der Waals surface area contributed by atoms with Crippen LogP contribution in [0, 0.1) is 0 Å². The zero-order valence-electron chi connectivity index (χ0n) is 15.8. The van der Waals surface area contributed by atoms with Gasteiger partial charge in [-0.2, -0.15) is 13.2 Å². The summed E-state index contributed by atoms with van der Waals surface area (Å²) in [6, 6.07) is 13.7. The smallest absolute Gasteiger partial charge is 0.324 e. The van der Waals surface area contributed by atoms with Crippen molar-refractivity contribution in [1.82, 2.24) is 14.9 Å². The molecule has 2 aromatic carbocycles. The molecule has 2 atom stereocenters. The van der Waals surface area contributed by atoms with Crippen molar-refractivity contribution < 1.29 is 18.0 Å². The van der Waals surface area contributed by atoms with E-state index in [9.17, 15) is 18.0 Å². The first-order valence-corrected chi connectivity index (χ1v) is 10.2. The number of hydrogen-bond acceptors (Lipinski definition) is 5. The topological polar surface area (TPSA) is 71.8 Å². The number of anilines is 1. The van der Waals surface area contributed by atoms with Gasteiger partial charge < -0.3 is 10.7 Å². The van der Waals surface area contributed by atoms with Crippen molar-refractivity contribution in [3.05, 3.63) is 71.5 Å². The van der Waals surface area contributed by atoms with E-state index in [4.69, 9.17) is 0 Å². The molecule has 0 radical (unpaired) electrons. The van der Waals surface area contributed by atoms with E-state index in [0.717, 1.165) is 11.6 Å². The van der Waals surface area contributed by atoms with Gasteiger partial charge >= 0.3 is 6.18 Å². The van der Waals surface area contributed by atoms with Crippen molar-refractivity contribution >= 4 is 23.4 Å². The molecule has 1 aliphatic rings. The van der Waals surface area contributed by atoms with Crippen molar-refractivity contribution in [2.45, 2.75) is 36.0 Å². The molecule has 0 spiro atoms. The molecule has 4 rings (SSSR count). The summed E-state index contributed by atoms with van der Waals surface area (Å²) in [4.78, 5) is 13.1. The molecule has 0 saturated carbocycles. The lowest BCUT2D eigenvalue weighted by molar-refractivity contribution is -0.137. The van der Waals surface area contributed by atoms with Crippen LogP contribution >= 0.6 is 11.8 Å². The fourth-order valence-electron chi connectivity index (χ4n) is 3.28. The third kappa shape index (κ3) is 3.87. The third-order valence-corrected chi connectivity index (χ3v) is 5.94. The lowest BCUT2D eigenvalue weighted by Crippen LogP contribution is -2.41. The van der Waals surface area contributed by atoms with Crippen LogP contribution in [0.3, 0.4) is 0 Å². The minimum absolute atomic E-state index is 0.274. The van der Waals surface area contributed by atoms with Gasteiger partial charge in [0.25, 0.3) is 0 Å². The number of fused-ring (bicyclic) bond motifs is 1. The maximum atomic E-state index is 13.3. The average Bonchev–Trinajstić information content (AvgIpc) is 3.15. The summed E-state index contributed by atoms with van der Waals surface area (Å²) in [5.74, 6) is 0.157. The molecule has 6 nitrogen and oxygen atoms in total. The number of para-hydroxylation sites is 1. The molecule has 156 valence electrons. The zero-order chi connectivity index (χ0) is 21.3. The molecule has 3 aromatic rings. The van der Waals surface area contributed by atoms with Crippen LogP contribution < -0.4 is 10.7 Å². The fraction of sp³-hybridized carbons (Fsp3) is 0.250. The van der Waals surface area contributed by atoms with Gasteiger partial charge in [0.05, 0.1) is 17.3 Å². The monoisotopic (exact) mass is 433 g/mol. The maximum Gasteiger partial charge on any atom is 0.418 e. The summed E-state index contributed by atoms with van der Waals surface area (Å²) in [6.45, 7) is 1.94. The number of halogens is 3. The summed E-state index contributed by atoms with van der Waals surface area (Å²) in [7, 11) is 0. The number of benzene rings is 2. The molecular weight excluding hydrogens is 415 g/mol. The molecule has 1 aromatic heterocycles. The van der Waals surface area contributed by atoms with Crippen LogP contribution in [0.1, 0.15) is 29.9 Å². The number of aromatic nitrogens is 3. The quantitative estimate of drug-likeness (QED) is 0.644. The van der Waals surface area contributed by atoms with Gasteiger partial charge in [0.1, 0.15) is 5.25 Å². The molecule has 30 heavy (non-hydrogen) atoms. The van der Waals surface area contributed by atoms with Crippen LogP contribution in [0.5, 0.6) is 0 Å². The second kappa shape index (κ2) is 8.02. The Morgan fingerprint density at radius 2 is 1.83 bits per heavy atom. The predicted octanol–water partition coefficient (Wildman–Crippen LogP) is 4.26. The summed E-state index contributed by atoms with van der Waals surface area (Å²) in [6.07, 6.45) is -3.94. The van der Waals surface area contributed by atoms with Gasteiger partial charge in [-0.25, -0.2) is 4.68 Å². The first kappa shape index (κ1) is 20.3. The Bertz CT molecular complexity index is 1050. The second-order valence-electron chi connectivity index (χ2n) is 6.68. The molecular formula is C20H18F3N5OS. The van der Waals surface area contributed by atoms with E-state index in [2.05, 4.69) is 20.9 Å². The largest absolute Gasteiger partial charge is 0.418 e. The second-order valence-corrected chi connectivity index (χ2v) is 7.78. The van der Waals surface area contributed by atoms with E-state index >= 15 is 0 Å². The van der Waals surface area contributed by atoms with Gasteiger partial charge in [-0.05, 0) is 17.7 Å². The molecule has 0 fully saturated rings. The van der Waals surface area contributed by atoms with Crippen LogP contribution in [0.2, 0.25) is 0 Å². The first-order chi connectivity index (χ1) is 14.4.